The summed E-state index contributed by atoms with van der Waals surface area (Å²) >= 11 is 0. The SMILES string of the molecule is O=C(c1cc(F)ccc1O)N(CCCO)C1CCC1. The molecule has 1 amide bonds. The lowest BCUT2D eigenvalue weighted by molar-refractivity contribution is 0.0559. The third-order valence-corrected chi connectivity index (χ3v) is 3.52. The van der Waals surface area contributed by atoms with Gasteiger partial charge in [0.2, 0.25) is 0 Å². The second-order valence-electron chi connectivity index (χ2n) is 4.82. The van der Waals surface area contributed by atoms with Crippen LogP contribution < -0.4 is 0 Å². The fourth-order valence-corrected chi connectivity index (χ4v) is 2.22. The Morgan fingerprint density at radius 1 is 1.42 bits per heavy atom. The first kappa shape index (κ1) is 13.8. The maximum Gasteiger partial charge on any atom is 0.257 e. The number of phenols is 1. The molecule has 2 rings (SSSR count). The molecule has 1 aliphatic rings. The van der Waals surface area contributed by atoms with Crippen LogP contribution in [0.4, 0.5) is 4.39 Å². The molecule has 0 spiro atoms. The van der Waals surface area contributed by atoms with Crippen molar-refractivity contribution in [3.63, 3.8) is 0 Å². The quantitative estimate of drug-likeness (QED) is 0.856. The van der Waals surface area contributed by atoms with Gasteiger partial charge in [0.1, 0.15) is 11.6 Å². The summed E-state index contributed by atoms with van der Waals surface area (Å²) in [5, 5.41) is 18.6. The van der Waals surface area contributed by atoms with Crippen LogP contribution in [0.3, 0.4) is 0 Å². The van der Waals surface area contributed by atoms with E-state index in [0.29, 0.717) is 13.0 Å². The van der Waals surface area contributed by atoms with Crippen LogP contribution in [-0.2, 0) is 0 Å². The van der Waals surface area contributed by atoms with Gasteiger partial charge in [0, 0.05) is 19.2 Å². The molecule has 0 saturated heterocycles. The highest BCUT2D eigenvalue weighted by Gasteiger charge is 2.30. The van der Waals surface area contributed by atoms with E-state index in [1.54, 1.807) is 4.90 Å². The van der Waals surface area contributed by atoms with Gasteiger partial charge in [-0.2, -0.15) is 0 Å². The lowest BCUT2D eigenvalue weighted by atomic mass is 9.90. The Morgan fingerprint density at radius 2 is 2.16 bits per heavy atom. The first-order chi connectivity index (χ1) is 9.13. The van der Waals surface area contributed by atoms with Gasteiger partial charge in [-0.3, -0.25) is 4.79 Å². The summed E-state index contributed by atoms with van der Waals surface area (Å²) in [5.41, 5.74) is -0.00941. The zero-order chi connectivity index (χ0) is 13.8. The first-order valence-electron chi connectivity index (χ1n) is 6.54. The maximum atomic E-state index is 13.2. The van der Waals surface area contributed by atoms with Gasteiger partial charge in [-0.05, 0) is 43.9 Å². The van der Waals surface area contributed by atoms with Crippen molar-refractivity contribution < 1.29 is 19.4 Å². The van der Waals surface area contributed by atoms with E-state index < -0.39 is 5.82 Å². The molecule has 0 bridgehead atoms. The second kappa shape index (κ2) is 6.02. The third-order valence-electron chi connectivity index (χ3n) is 3.52. The fourth-order valence-electron chi connectivity index (χ4n) is 2.22. The van der Waals surface area contributed by atoms with E-state index in [2.05, 4.69) is 0 Å². The van der Waals surface area contributed by atoms with E-state index in [1.165, 1.54) is 6.07 Å². The largest absolute Gasteiger partial charge is 0.507 e. The standard InChI is InChI=1S/C14H18FNO3/c15-10-5-6-13(18)12(9-10)14(19)16(7-2-8-17)11-3-1-4-11/h5-6,9,11,17-18H,1-4,7-8H2. The number of phenolic OH excluding ortho intramolecular Hbond substituents is 1. The zero-order valence-corrected chi connectivity index (χ0v) is 10.7. The zero-order valence-electron chi connectivity index (χ0n) is 10.7. The highest BCUT2D eigenvalue weighted by atomic mass is 19.1. The first-order valence-corrected chi connectivity index (χ1v) is 6.54. The number of aliphatic hydroxyl groups is 1. The van der Waals surface area contributed by atoms with Crippen LogP contribution in [0, 0.1) is 5.82 Å². The fraction of sp³-hybridized carbons (Fsp3) is 0.500. The predicted molar refractivity (Wildman–Crippen MR) is 68.4 cm³/mol. The van der Waals surface area contributed by atoms with E-state index in [4.69, 9.17) is 5.11 Å². The molecule has 0 radical (unpaired) electrons. The molecule has 0 aromatic heterocycles. The summed E-state index contributed by atoms with van der Waals surface area (Å²) in [6.07, 6.45) is 3.40. The number of aliphatic hydroxyl groups excluding tert-OH is 1. The van der Waals surface area contributed by atoms with Crippen LogP contribution in [0.1, 0.15) is 36.0 Å². The Labute approximate surface area is 111 Å². The molecule has 4 nitrogen and oxygen atoms in total. The number of hydrogen-bond acceptors (Lipinski definition) is 3. The third kappa shape index (κ3) is 3.04. The van der Waals surface area contributed by atoms with Crippen LogP contribution in [-0.4, -0.2) is 40.2 Å². The lowest BCUT2D eigenvalue weighted by Gasteiger charge is -2.37. The van der Waals surface area contributed by atoms with E-state index in [9.17, 15) is 14.3 Å². The molecule has 19 heavy (non-hydrogen) atoms. The molecule has 1 aromatic rings. The number of nitrogens with zero attached hydrogens (tertiary/aromatic N) is 1. The van der Waals surface area contributed by atoms with E-state index in [0.717, 1.165) is 31.4 Å². The molecule has 5 heteroatoms. The van der Waals surface area contributed by atoms with Gasteiger partial charge in [0.05, 0.1) is 5.56 Å². The van der Waals surface area contributed by atoms with Crippen LogP contribution >= 0.6 is 0 Å². The summed E-state index contributed by atoms with van der Waals surface area (Å²) in [5.74, 6) is -1.12. The molecule has 1 fully saturated rings. The Hall–Kier alpha value is -1.62. The lowest BCUT2D eigenvalue weighted by Crippen LogP contribution is -2.45. The normalized spacial score (nSPS) is 15.1. The number of amides is 1. The molecule has 0 aliphatic heterocycles. The molecular weight excluding hydrogens is 249 g/mol. The molecule has 2 N–H and O–H groups in total. The average Bonchev–Trinajstić information content (AvgIpc) is 2.34. The van der Waals surface area contributed by atoms with Gasteiger partial charge in [0.25, 0.3) is 5.91 Å². The van der Waals surface area contributed by atoms with Crippen LogP contribution in [0.25, 0.3) is 0 Å². The summed E-state index contributed by atoms with van der Waals surface area (Å²) in [4.78, 5) is 14.0. The van der Waals surface area contributed by atoms with Crippen LogP contribution in [0.5, 0.6) is 5.75 Å². The van der Waals surface area contributed by atoms with E-state index >= 15 is 0 Å². The number of carbonyl (C=O) groups excluding carboxylic acids is 1. The molecular formula is C14H18FNO3. The molecule has 1 aliphatic carbocycles. The number of carbonyl (C=O) groups is 1. The minimum atomic E-state index is -0.545. The van der Waals surface area contributed by atoms with Crippen molar-refractivity contribution in [2.24, 2.45) is 0 Å². The molecule has 0 heterocycles. The van der Waals surface area contributed by atoms with Gasteiger partial charge in [-0.1, -0.05) is 0 Å². The minimum absolute atomic E-state index is 0.00559. The number of hydrogen-bond donors (Lipinski definition) is 2. The predicted octanol–water partition coefficient (Wildman–Crippen LogP) is 1.91. The Balaban J connectivity index is 2.19. The second-order valence-corrected chi connectivity index (χ2v) is 4.82. The number of halogens is 1. The van der Waals surface area contributed by atoms with Crippen LogP contribution in [0.2, 0.25) is 0 Å². The van der Waals surface area contributed by atoms with Gasteiger partial charge in [0.15, 0.2) is 0 Å². The summed E-state index contributed by atoms with van der Waals surface area (Å²) in [6.45, 7) is 0.432. The smallest absolute Gasteiger partial charge is 0.257 e. The van der Waals surface area contributed by atoms with E-state index in [1.807, 2.05) is 0 Å². The van der Waals surface area contributed by atoms with Crippen molar-refractivity contribution in [3.8, 4) is 5.75 Å². The highest BCUT2D eigenvalue weighted by Crippen LogP contribution is 2.28. The van der Waals surface area contributed by atoms with Crippen molar-refractivity contribution >= 4 is 5.91 Å². The minimum Gasteiger partial charge on any atom is -0.507 e. The summed E-state index contributed by atoms with van der Waals surface area (Å²) in [6, 6.07) is 3.50. The van der Waals surface area contributed by atoms with Crippen molar-refractivity contribution in [1.82, 2.24) is 4.90 Å². The van der Waals surface area contributed by atoms with E-state index in [-0.39, 0.29) is 29.9 Å². The monoisotopic (exact) mass is 267 g/mol. The topological polar surface area (TPSA) is 60.8 Å². The molecule has 1 saturated carbocycles. The van der Waals surface area contributed by atoms with Crippen LogP contribution in [0.15, 0.2) is 18.2 Å². The highest BCUT2D eigenvalue weighted by molar-refractivity contribution is 5.97. The van der Waals surface area contributed by atoms with Crippen molar-refractivity contribution in [3.05, 3.63) is 29.6 Å². The summed E-state index contributed by atoms with van der Waals surface area (Å²) < 4.78 is 13.2. The Kier molecular flexibility index (Phi) is 4.37. The molecule has 104 valence electrons. The van der Waals surface area contributed by atoms with Gasteiger partial charge in [-0.15, -0.1) is 0 Å². The van der Waals surface area contributed by atoms with Gasteiger partial charge >= 0.3 is 0 Å². The Bertz CT molecular complexity index is 460. The number of rotatable bonds is 5. The molecule has 0 unspecified atom stereocenters. The molecule has 0 atom stereocenters. The van der Waals surface area contributed by atoms with Crippen molar-refractivity contribution in [2.45, 2.75) is 31.7 Å². The molecule has 1 aromatic carbocycles. The maximum absolute atomic E-state index is 13.2. The number of aromatic hydroxyl groups is 1. The van der Waals surface area contributed by atoms with Gasteiger partial charge < -0.3 is 15.1 Å². The average molecular weight is 267 g/mol. The van der Waals surface area contributed by atoms with Crippen molar-refractivity contribution in [2.75, 3.05) is 13.2 Å². The Morgan fingerprint density at radius 3 is 2.74 bits per heavy atom. The van der Waals surface area contributed by atoms with Crippen molar-refractivity contribution in [1.29, 1.82) is 0 Å². The van der Waals surface area contributed by atoms with Gasteiger partial charge in [-0.25, -0.2) is 4.39 Å². The summed E-state index contributed by atoms with van der Waals surface area (Å²) in [7, 11) is 0. The number of benzene rings is 1.